The molecule has 4 aliphatic rings. The van der Waals surface area contributed by atoms with Crippen molar-refractivity contribution < 1.29 is 34.8 Å². The van der Waals surface area contributed by atoms with E-state index in [1.165, 1.54) is 29.4 Å². The lowest BCUT2D eigenvalue weighted by Crippen LogP contribution is -2.65. The number of likely N-dealkylation sites (N-methyl/N-ethyl adjacent to an activating group) is 1. The summed E-state index contributed by atoms with van der Waals surface area (Å²) >= 11 is 0. The van der Waals surface area contributed by atoms with E-state index in [2.05, 4.69) is 24.0 Å². The molecule has 0 radical (unpaired) electrons. The van der Waals surface area contributed by atoms with Gasteiger partial charge in [-0.05, 0) is 93.0 Å². The van der Waals surface area contributed by atoms with Crippen LogP contribution in [0.25, 0.3) is 16.9 Å². The van der Waals surface area contributed by atoms with E-state index in [4.69, 9.17) is 5.73 Å². The van der Waals surface area contributed by atoms with Gasteiger partial charge in [0.15, 0.2) is 11.4 Å². The highest BCUT2D eigenvalue weighted by atomic mass is 16.3. The van der Waals surface area contributed by atoms with Crippen molar-refractivity contribution in [1.29, 1.82) is 0 Å². The number of nitrogens with zero attached hydrogens (tertiary/aromatic N) is 2. The van der Waals surface area contributed by atoms with Crippen LogP contribution in [0.4, 0.5) is 0 Å². The molecule has 1 amide bonds. The minimum Gasteiger partial charge on any atom is -0.508 e. The minimum absolute atomic E-state index is 0.0498. The quantitative estimate of drug-likeness (QED) is 0.324. The second-order valence-corrected chi connectivity index (χ2v) is 13.1. The molecule has 1 aliphatic heterocycles. The van der Waals surface area contributed by atoms with E-state index in [-0.39, 0.29) is 29.7 Å². The SMILES string of the molecule is CC1CCN(Cc2ccc(-c3ccc(O)c4c3C[C@H]3C[C@H]5[C@H](N(C)C)C(=O)C(C(N)=O)=C(O)[C@@]5(O)C(=O)C3=C4O)cc2)CC1. The number of carbonyl (C=O) groups is 3. The first-order valence-corrected chi connectivity index (χ1v) is 15.2. The van der Waals surface area contributed by atoms with Crippen molar-refractivity contribution in [3.8, 4) is 16.9 Å². The van der Waals surface area contributed by atoms with Gasteiger partial charge in [0.1, 0.15) is 22.8 Å². The molecule has 2 aromatic rings. The van der Waals surface area contributed by atoms with Crippen molar-refractivity contribution in [2.45, 2.75) is 50.8 Å². The molecule has 10 heteroatoms. The first-order valence-electron chi connectivity index (χ1n) is 15.2. The number of phenols is 1. The van der Waals surface area contributed by atoms with Crippen molar-refractivity contribution in [3.05, 3.63) is 70.0 Å². The molecule has 3 aliphatic carbocycles. The zero-order chi connectivity index (χ0) is 31.7. The van der Waals surface area contributed by atoms with Crippen molar-refractivity contribution in [2.75, 3.05) is 27.2 Å². The Morgan fingerprint density at radius 2 is 1.70 bits per heavy atom. The molecule has 2 aromatic carbocycles. The number of ketones is 2. The highest BCUT2D eigenvalue weighted by Crippen LogP contribution is 2.53. The first-order chi connectivity index (χ1) is 20.8. The van der Waals surface area contributed by atoms with Gasteiger partial charge >= 0.3 is 0 Å². The minimum atomic E-state index is -2.65. The average molecular weight is 602 g/mol. The van der Waals surface area contributed by atoms with Crippen LogP contribution in [0.2, 0.25) is 0 Å². The normalized spacial score (nSPS) is 27.8. The third kappa shape index (κ3) is 4.55. The third-order valence-corrected chi connectivity index (χ3v) is 10.2. The van der Waals surface area contributed by atoms with Crippen LogP contribution < -0.4 is 5.73 Å². The van der Waals surface area contributed by atoms with Crippen LogP contribution >= 0.6 is 0 Å². The lowest BCUT2D eigenvalue weighted by Gasteiger charge is -2.50. The Kier molecular flexibility index (Phi) is 7.42. The van der Waals surface area contributed by atoms with Crippen molar-refractivity contribution in [3.63, 3.8) is 0 Å². The van der Waals surface area contributed by atoms with Gasteiger partial charge < -0.3 is 26.2 Å². The molecule has 1 saturated carbocycles. The second kappa shape index (κ2) is 10.9. The molecule has 1 saturated heterocycles. The number of hydrogen-bond acceptors (Lipinski definition) is 9. The van der Waals surface area contributed by atoms with Crippen molar-refractivity contribution in [2.24, 2.45) is 23.5 Å². The molecule has 6 N–H and O–H groups in total. The molecule has 0 aromatic heterocycles. The molecule has 0 spiro atoms. The third-order valence-electron chi connectivity index (χ3n) is 10.2. The molecular weight excluding hydrogens is 562 g/mol. The zero-order valence-electron chi connectivity index (χ0n) is 25.2. The summed E-state index contributed by atoms with van der Waals surface area (Å²) < 4.78 is 0. The average Bonchev–Trinajstić information content (AvgIpc) is 2.96. The number of likely N-dealkylation sites (tertiary alicyclic amines) is 1. The molecule has 4 atom stereocenters. The van der Waals surface area contributed by atoms with E-state index in [1.54, 1.807) is 20.2 Å². The Morgan fingerprint density at radius 1 is 1.05 bits per heavy atom. The fourth-order valence-electron chi connectivity index (χ4n) is 7.78. The van der Waals surface area contributed by atoms with E-state index < -0.39 is 58.0 Å². The fraction of sp³-hybridized carbons (Fsp3) is 0.441. The smallest absolute Gasteiger partial charge is 0.255 e. The summed E-state index contributed by atoms with van der Waals surface area (Å²) in [6.45, 7) is 5.32. The molecule has 6 rings (SSSR count). The number of phenolic OH excluding ortho intramolecular Hbond substituents is 1. The highest BCUT2D eigenvalue weighted by Gasteiger charge is 2.64. The van der Waals surface area contributed by atoms with Gasteiger partial charge in [-0.1, -0.05) is 37.3 Å². The largest absolute Gasteiger partial charge is 0.508 e. The predicted molar refractivity (Wildman–Crippen MR) is 163 cm³/mol. The molecular formula is C34H39N3O7. The molecule has 2 fully saturated rings. The van der Waals surface area contributed by atoms with Crippen LogP contribution in [0.1, 0.15) is 42.9 Å². The number of carbonyl (C=O) groups excluding carboxylic acids is 3. The zero-order valence-corrected chi connectivity index (χ0v) is 25.2. The lowest BCUT2D eigenvalue weighted by molar-refractivity contribution is -0.153. The number of Topliss-reactive ketones (excluding diaryl/α,β-unsaturated/α-hetero) is 2. The summed E-state index contributed by atoms with van der Waals surface area (Å²) in [5, 5.41) is 45.2. The van der Waals surface area contributed by atoms with Crippen LogP contribution in [0.5, 0.6) is 5.75 Å². The van der Waals surface area contributed by atoms with Crippen LogP contribution in [0.15, 0.2) is 53.3 Å². The summed E-state index contributed by atoms with van der Waals surface area (Å²) in [7, 11) is 3.16. The summed E-state index contributed by atoms with van der Waals surface area (Å²) in [6.07, 6.45) is 2.69. The van der Waals surface area contributed by atoms with Gasteiger partial charge in [-0.3, -0.25) is 24.2 Å². The Balaban J connectivity index is 1.40. The van der Waals surface area contributed by atoms with E-state index in [0.29, 0.717) is 5.56 Å². The number of nitrogens with two attached hydrogens (primary N) is 1. The summed E-state index contributed by atoms with van der Waals surface area (Å²) in [5.41, 5.74) is 5.37. The van der Waals surface area contributed by atoms with E-state index in [1.807, 2.05) is 12.1 Å². The second-order valence-electron chi connectivity index (χ2n) is 13.1. The van der Waals surface area contributed by atoms with E-state index in [9.17, 15) is 34.8 Å². The highest BCUT2D eigenvalue weighted by molar-refractivity contribution is 6.24. The van der Waals surface area contributed by atoms with E-state index in [0.717, 1.165) is 36.7 Å². The van der Waals surface area contributed by atoms with Gasteiger partial charge in [0.05, 0.1) is 11.6 Å². The lowest BCUT2D eigenvalue weighted by atomic mass is 9.57. The maximum Gasteiger partial charge on any atom is 0.255 e. The van der Waals surface area contributed by atoms with Gasteiger partial charge in [-0.2, -0.15) is 0 Å². The van der Waals surface area contributed by atoms with Gasteiger partial charge in [-0.25, -0.2) is 0 Å². The standard InChI is InChI=1S/C34H39N3O7/c1-17-10-12-37(13-11-17)16-18-4-6-19(7-5-18)21-8-9-24(38)26-22(21)14-20-15-23-28(36(2)3)30(40)27(33(35)43)32(42)34(23,44)31(41)25(20)29(26)39/h4-9,17,20,23,28,38-39,42,44H,10-16H2,1-3H3,(H2,35,43)/t20-,23-,28-,34-/m0/s1. The molecule has 0 unspecified atom stereocenters. The van der Waals surface area contributed by atoms with Gasteiger partial charge in [0.2, 0.25) is 5.78 Å². The van der Waals surface area contributed by atoms with Crippen LogP contribution in [0, 0.1) is 17.8 Å². The number of rotatable bonds is 5. The topological polar surface area (TPSA) is 165 Å². The first kappa shape index (κ1) is 30.1. The molecule has 10 nitrogen and oxygen atoms in total. The Bertz CT molecular complexity index is 1620. The molecule has 1 heterocycles. The number of hydrogen-bond donors (Lipinski definition) is 5. The van der Waals surface area contributed by atoms with Gasteiger partial charge in [0, 0.05) is 18.0 Å². The number of benzene rings is 2. The van der Waals surface area contributed by atoms with Crippen molar-refractivity contribution in [1.82, 2.24) is 9.80 Å². The maximum absolute atomic E-state index is 14.0. The number of primary amides is 1. The number of fused-ring (bicyclic) bond motifs is 3. The van der Waals surface area contributed by atoms with Crippen molar-refractivity contribution >= 4 is 23.2 Å². The number of aliphatic hydroxyl groups excluding tert-OH is 2. The molecule has 44 heavy (non-hydrogen) atoms. The summed E-state index contributed by atoms with van der Waals surface area (Å²) in [5.74, 6) is -5.83. The maximum atomic E-state index is 14.0. The van der Waals surface area contributed by atoms with Gasteiger partial charge in [0.25, 0.3) is 5.91 Å². The van der Waals surface area contributed by atoms with Crippen LogP contribution in [0.3, 0.4) is 0 Å². The monoisotopic (exact) mass is 601 g/mol. The fourth-order valence-corrected chi connectivity index (χ4v) is 7.78. The number of aliphatic hydroxyl groups is 3. The summed E-state index contributed by atoms with van der Waals surface area (Å²) in [4.78, 5) is 43.5. The number of amides is 1. The van der Waals surface area contributed by atoms with Gasteiger partial charge in [-0.15, -0.1) is 0 Å². The summed E-state index contributed by atoms with van der Waals surface area (Å²) in [6, 6.07) is 10.3. The Labute approximate surface area is 256 Å². The number of aromatic hydroxyl groups is 1. The Hall–Kier alpha value is -3.99. The number of piperidine rings is 1. The van der Waals surface area contributed by atoms with E-state index >= 15 is 0 Å². The molecule has 0 bridgehead atoms. The Morgan fingerprint density at radius 3 is 2.32 bits per heavy atom. The molecule has 232 valence electrons. The van der Waals surface area contributed by atoms with Crippen LogP contribution in [-0.2, 0) is 27.3 Å². The van der Waals surface area contributed by atoms with Crippen LogP contribution in [-0.4, -0.2) is 86.5 Å². The predicted octanol–water partition coefficient (Wildman–Crippen LogP) is 2.86.